The quantitative estimate of drug-likeness (QED) is 0.592. The highest BCUT2D eigenvalue weighted by molar-refractivity contribution is 14.1. The van der Waals surface area contributed by atoms with E-state index in [1.165, 1.54) is 0 Å². The highest BCUT2D eigenvalue weighted by Gasteiger charge is 2.12. The molecule has 0 atom stereocenters. The first kappa shape index (κ1) is 16.7. The average molecular weight is 433 g/mol. The van der Waals surface area contributed by atoms with Crippen LogP contribution in [0.2, 0.25) is 0 Å². The van der Waals surface area contributed by atoms with Gasteiger partial charge >= 0.3 is 0 Å². The number of aryl methyl sites for hydroxylation is 1. The van der Waals surface area contributed by atoms with Crippen LogP contribution in [-0.2, 0) is 6.61 Å². The first-order chi connectivity index (χ1) is 11.6. The molecule has 1 heterocycles. The summed E-state index contributed by atoms with van der Waals surface area (Å²) in [4.78, 5) is 12.5. The number of rotatable bonds is 4. The Morgan fingerprint density at radius 2 is 1.96 bits per heavy atom. The molecule has 1 aromatic heterocycles. The molecule has 3 rings (SSSR count). The predicted octanol–water partition coefficient (Wildman–Crippen LogP) is 4.60. The Labute approximate surface area is 153 Å². The predicted molar refractivity (Wildman–Crippen MR) is 102 cm³/mol. The second kappa shape index (κ2) is 7.19. The molecule has 0 fully saturated rings. The molecular formula is C19H16INO3. The highest BCUT2D eigenvalue weighted by atomic mass is 127. The number of halogens is 1. The molecule has 0 saturated heterocycles. The molecule has 0 saturated carbocycles. The molecule has 0 bridgehead atoms. The van der Waals surface area contributed by atoms with Gasteiger partial charge in [-0.05, 0) is 65.4 Å². The third-order valence-electron chi connectivity index (χ3n) is 3.71. The van der Waals surface area contributed by atoms with Gasteiger partial charge in [-0.1, -0.05) is 24.3 Å². The summed E-state index contributed by atoms with van der Waals surface area (Å²) in [6.45, 7) is 1.80. The molecule has 0 radical (unpaired) electrons. The Kier molecular flexibility index (Phi) is 5.01. The van der Waals surface area contributed by atoms with Crippen LogP contribution in [-0.4, -0.2) is 11.0 Å². The van der Waals surface area contributed by atoms with Crippen LogP contribution in [0, 0.1) is 10.5 Å². The second-order valence-corrected chi connectivity index (χ2v) is 6.55. The standard InChI is InChI=1S/C19H16INO3/c1-12-6-7-13(18-9-8-14(11-22)24-18)10-17(12)21-19(23)15-4-2-3-5-16(15)20/h2-10,22H,11H2,1H3,(H,21,23). The Morgan fingerprint density at radius 3 is 2.67 bits per heavy atom. The van der Waals surface area contributed by atoms with Crippen molar-refractivity contribution in [3.8, 4) is 11.3 Å². The maximum Gasteiger partial charge on any atom is 0.256 e. The van der Waals surface area contributed by atoms with E-state index in [4.69, 9.17) is 9.52 Å². The Bertz CT molecular complexity index is 886. The van der Waals surface area contributed by atoms with Crippen LogP contribution < -0.4 is 5.32 Å². The molecule has 122 valence electrons. The summed E-state index contributed by atoms with van der Waals surface area (Å²) in [5.74, 6) is 1.02. The van der Waals surface area contributed by atoms with Crippen molar-refractivity contribution < 1.29 is 14.3 Å². The lowest BCUT2D eigenvalue weighted by molar-refractivity contribution is 0.102. The van der Waals surface area contributed by atoms with Crippen molar-refractivity contribution in [1.82, 2.24) is 0 Å². The number of carbonyl (C=O) groups is 1. The second-order valence-electron chi connectivity index (χ2n) is 5.39. The summed E-state index contributed by atoms with van der Waals surface area (Å²) in [7, 11) is 0. The van der Waals surface area contributed by atoms with E-state index in [0.717, 1.165) is 20.4 Å². The molecule has 4 nitrogen and oxygen atoms in total. The fourth-order valence-electron chi connectivity index (χ4n) is 2.36. The topological polar surface area (TPSA) is 62.5 Å². The molecule has 1 amide bonds. The van der Waals surface area contributed by atoms with Gasteiger partial charge in [-0.25, -0.2) is 0 Å². The summed E-state index contributed by atoms with van der Waals surface area (Å²) in [5, 5.41) is 12.1. The molecule has 2 aromatic carbocycles. The van der Waals surface area contributed by atoms with Gasteiger partial charge in [0.05, 0.1) is 5.56 Å². The number of nitrogens with one attached hydrogen (secondary N) is 1. The van der Waals surface area contributed by atoms with Gasteiger partial charge in [0.1, 0.15) is 18.1 Å². The van der Waals surface area contributed by atoms with Crippen molar-refractivity contribution >= 4 is 34.2 Å². The number of furan rings is 1. The lowest BCUT2D eigenvalue weighted by atomic mass is 10.1. The molecule has 2 N–H and O–H groups in total. The number of aliphatic hydroxyl groups is 1. The highest BCUT2D eigenvalue weighted by Crippen LogP contribution is 2.27. The van der Waals surface area contributed by atoms with E-state index in [2.05, 4.69) is 27.9 Å². The number of amides is 1. The third-order valence-corrected chi connectivity index (χ3v) is 4.65. The van der Waals surface area contributed by atoms with Gasteiger partial charge in [0.25, 0.3) is 5.91 Å². The van der Waals surface area contributed by atoms with E-state index in [0.29, 0.717) is 17.1 Å². The van der Waals surface area contributed by atoms with Crippen molar-refractivity contribution in [3.63, 3.8) is 0 Å². The maximum absolute atomic E-state index is 12.5. The molecular weight excluding hydrogens is 417 g/mol. The lowest BCUT2D eigenvalue weighted by Crippen LogP contribution is -2.14. The zero-order chi connectivity index (χ0) is 17.1. The van der Waals surface area contributed by atoms with Crippen molar-refractivity contribution in [2.45, 2.75) is 13.5 Å². The van der Waals surface area contributed by atoms with Crippen LogP contribution in [0.4, 0.5) is 5.69 Å². The van der Waals surface area contributed by atoms with Crippen LogP contribution in [0.15, 0.2) is 59.0 Å². The summed E-state index contributed by atoms with van der Waals surface area (Å²) in [6.07, 6.45) is 0. The largest absolute Gasteiger partial charge is 0.459 e. The third kappa shape index (κ3) is 3.52. The molecule has 0 aliphatic rings. The van der Waals surface area contributed by atoms with Gasteiger partial charge in [-0.2, -0.15) is 0 Å². The minimum absolute atomic E-state index is 0.137. The van der Waals surface area contributed by atoms with Crippen LogP contribution in [0.25, 0.3) is 11.3 Å². The Hall–Kier alpha value is -2.12. The van der Waals surface area contributed by atoms with E-state index >= 15 is 0 Å². The number of hydrogen-bond acceptors (Lipinski definition) is 3. The van der Waals surface area contributed by atoms with E-state index < -0.39 is 0 Å². The monoisotopic (exact) mass is 433 g/mol. The van der Waals surface area contributed by atoms with Crippen LogP contribution in [0.5, 0.6) is 0 Å². The Morgan fingerprint density at radius 1 is 1.17 bits per heavy atom. The van der Waals surface area contributed by atoms with Crippen molar-refractivity contribution in [2.24, 2.45) is 0 Å². The zero-order valence-corrected chi connectivity index (χ0v) is 15.2. The number of benzene rings is 2. The van der Waals surface area contributed by atoms with Crippen molar-refractivity contribution in [1.29, 1.82) is 0 Å². The van der Waals surface area contributed by atoms with Gasteiger partial charge in [-0.15, -0.1) is 0 Å². The molecule has 24 heavy (non-hydrogen) atoms. The molecule has 0 aliphatic heterocycles. The van der Waals surface area contributed by atoms with Gasteiger partial charge in [-0.3, -0.25) is 4.79 Å². The first-order valence-electron chi connectivity index (χ1n) is 7.45. The fourth-order valence-corrected chi connectivity index (χ4v) is 3.00. The number of carbonyl (C=O) groups excluding carboxylic acids is 1. The molecule has 0 aliphatic carbocycles. The number of aliphatic hydroxyl groups excluding tert-OH is 1. The first-order valence-corrected chi connectivity index (χ1v) is 8.53. The molecule has 0 unspecified atom stereocenters. The van der Waals surface area contributed by atoms with Gasteiger partial charge < -0.3 is 14.8 Å². The minimum Gasteiger partial charge on any atom is -0.459 e. The fraction of sp³-hybridized carbons (Fsp3) is 0.105. The summed E-state index contributed by atoms with van der Waals surface area (Å²) < 4.78 is 6.46. The zero-order valence-electron chi connectivity index (χ0n) is 13.0. The normalized spacial score (nSPS) is 10.6. The van der Waals surface area contributed by atoms with Gasteiger partial charge in [0, 0.05) is 14.8 Å². The molecule has 5 heteroatoms. The summed E-state index contributed by atoms with van der Waals surface area (Å²) in [5.41, 5.74) is 3.19. The summed E-state index contributed by atoms with van der Waals surface area (Å²) in [6, 6.07) is 16.7. The molecule has 3 aromatic rings. The van der Waals surface area contributed by atoms with E-state index in [9.17, 15) is 4.79 Å². The number of hydrogen-bond donors (Lipinski definition) is 2. The maximum atomic E-state index is 12.5. The Balaban J connectivity index is 1.89. The average Bonchev–Trinajstić information content (AvgIpc) is 3.06. The van der Waals surface area contributed by atoms with Crippen molar-refractivity contribution in [2.75, 3.05) is 5.32 Å². The van der Waals surface area contributed by atoms with Crippen LogP contribution >= 0.6 is 22.6 Å². The minimum atomic E-state index is -0.143. The van der Waals surface area contributed by atoms with Crippen molar-refractivity contribution in [3.05, 3.63) is 75.1 Å². The SMILES string of the molecule is Cc1ccc(-c2ccc(CO)o2)cc1NC(=O)c1ccccc1I. The summed E-state index contributed by atoms with van der Waals surface area (Å²) >= 11 is 2.15. The molecule has 0 spiro atoms. The van der Waals surface area contributed by atoms with Crippen LogP contribution in [0.3, 0.4) is 0 Å². The van der Waals surface area contributed by atoms with Crippen LogP contribution in [0.1, 0.15) is 21.7 Å². The number of anilines is 1. The van der Waals surface area contributed by atoms with Gasteiger partial charge in [0.2, 0.25) is 0 Å². The van der Waals surface area contributed by atoms with E-state index in [-0.39, 0.29) is 12.5 Å². The van der Waals surface area contributed by atoms with Gasteiger partial charge in [0.15, 0.2) is 0 Å². The lowest BCUT2D eigenvalue weighted by Gasteiger charge is -2.11. The van der Waals surface area contributed by atoms with E-state index in [1.807, 2.05) is 49.4 Å². The van der Waals surface area contributed by atoms with E-state index in [1.54, 1.807) is 12.1 Å². The smallest absolute Gasteiger partial charge is 0.256 e.